The molecule has 1 atom stereocenters. The number of allylic oxidation sites excluding steroid dienone is 7. The van der Waals surface area contributed by atoms with Crippen molar-refractivity contribution in [2.24, 2.45) is 0 Å². The zero-order chi connectivity index (χ0) is 30.0. The average Bonchev–Trinajstić information content (AvgIpc) is 3.37. The lowest BCUT2D eigenvalue weighted by molar-refractivity contribution is -0.402. The van der Waals surface area contributed by atoms with Crippen LogP contribution in [0.5, 0.6) is 0 Å². The monoisotopic (exact) mass is 598 g/mol. The molecule has 0 aliphatic heterocycles. The van der Waals surface area contributed by atoms with Gasteiger partial charge in [0.05, 0.1) is 12.7 Å². The minimum atomic E-state index is -3.67. The van der Waals surface area contributed by atoms with Gasteiger partial charge >= 0.3 is 13.6 Å². The van der Waals surface area contributed by atoms with Crippen molar-refractivity contribution in [1.29, 1.82) is 0 Å². The van der Waals surface area contributed by atoms with Crippen molar-refractivity contribution in [3.63, 3.8) is 0 Å². The third kappa shape index (κ3) is 15.7. The molecule has 1 rings (SSSR count). The van der Waals surface area contributed by atoms with E-state index in [1.807, 2.05) is 13.0 Å². The third-order valence-corrected chi connectivity index (χ3v) is 8.54. The van der Waals surface area contributed by atoms with Crippen LogP contribution in [-0.4, -0.2) is 35.7 Å². The molecule has 0 saturated carbocycles. The predicted molar refractivity (Wildman–Crippen MR) is 165 cm³/mol. The number of nitrogens with zero attached hydrogens (tertiary/aromatic N) is 2. The molecular weight excluding hydrogens is 551 g/mol. The van der Waals surface area contributed by atoms with Gasteiger partial charge in [0, 0.05) is 12.4 Å². The summed E-state index contributed by atoms with van der Waals surface area (Å²) >= 11 is 5.78. The Balaban J connectivity index is 2.59. The van der Waals surface area contributed by atoms with Crippen LogP contribution >= 0.6 is 19.3 Å². The lowest BCUT2D eigenvalue weighted by Crippen LogP contribution is -2.20. The first-order chi connectivity index (χ1) is 19.0. The molecule has 1 aromatic rings. The summed E-state index contributed by atoms with van der Waals surface area (Å²) in [5.74, 6) is 0.320. The van der Waals surface area contributed by atoms with E-state index in [0.29, 0.717) is 12.4 Å². The smallest absolute Gasteiger partial charge is 0.403 e. The van der Waals surface area contributed by atoms with Crippen LogP contribution in [0.3, 0.4) is 0 Å². The molecule has 0 bridgehead atoms. The number of halogens is 1. The molecule has 1 aromatic heterocycles. The molecular formula is C30H48ClN2O6P. The van der Waals surface area contributed by atoms with Gasteiger partial charge in [-0.3, -0.25) is 19.2 Å². The second kappa shape index (κ2) is 20.0. The minimum Gasteiger partial charge on any atom is -0.403 e. The van der Waals surface area contributed by atoms with Crippen LogP contribution < -0.4 is 0 Å². The van der Waals surface area contributed by atoms with Crippen LogP contribution in [0.25, 0.3) is 0 Å². The number of furan rings is 1. The van der Waals surface area contributed by atoms with Gasteiger partial charge in [0.2, 0.25) is 0 Å². The Labute approximate surface area is 245 Å². The molecule has 226 valence electrons. The van der Waals surface area contributed by atoms with E-state index >= 15 is 0 Å². The van der Waals surface area contributed by atoms with E-state index in [-0.39, 0.29) is 19.0 Å². The van der Waals surface area contributed by atoms with Crippen molar-refractivity contribution < 1.29 is 23.0 Å². The Morgan fingerprint density at radius 3 is 2.05 bits per heavy atom. The lowest BCUT2D eigenvalue weighted by Gasteiger charge is -2.26. The van der Waals surface area contributed by atoms with Crippen molar-refractivity contribution in [1.82, 2.24) is 4.67 Å². The van der Waals surface area contributed by atoms with E-state index in [1.165, 1.54) is 28.9 Å². The maximum Gasteiger partial charge on any atom is 0.433 e. The van der Waals surface area contributed by atoms with E-state index in [1.54, 1.807) is 11.7 Å². The molecule has 0 aliphatic carbocycles. The van der Waals surface area contributed by atoms with Gasteiger partial charge < -0.3 is 4.42 Å². The van der Waals surface area contributed by atoms with E-state index in [9.17, 15) is 14.7 Å². The highest BCUT2D eigenvalue weighted by Gasteiger charge is 2.31. The summed E-state index contributed by atoms with van der Waals surface area (Å²) in [6.07, 6.45) is 16.5. The van der Waals surface area contributed by atoms with Crippen LogP contribution in [0.15, 0.2) is 63.1 Å². The molecule has 40 heavy (non-hydrogen) atoms. The quantitative estimate of drug-likeness (QED) is 0.0347. The van der Waals surface area contributed by atoms with Gasteiger partial charge in [0.15, 0.2) is 0 Å². The van der Waals surface area contributed by atoms with Crippen LogP contribution in [0.1, 0.15) is 91.7 Å². The molecule has 0 spiro atoms. The second-order valence-corrected chi connectivity index (χ2v) is 12.9. The van der Waals surface area contributed by atoms with Gasteiger partial charge in [-0.05, 0) is 99.1 Å². The van der Waals surface area contributed by atoms with Crippen molar-refractivity contribution >= 4 is 25.2 Å². The summed E-state index contributed by atoms with van der Waals surface area (Å²) in [5, 5.41) is 10.9. The number of unbranched alkanes of at least 4 members (excludes halogenated alkanes) is 1. The zero-order valence-electron chi connectivity index (χ0n) is 25.1. The minimum absolute atomic E-state index is 0.126. The zero-order valence-corrected chi connectivity index (χ0v) is 26.8. The molecule has 10 heteroatoms. The molecule has 1 unspecified atom stereocenters. The predicted octanol–water partition coefficient (Wildman–Crippen LogP) is 9.93. The normalized spacial score (nSPS) is 14.4. The topological polar surface area (TPSA) is 95.0 Å². The van der Waals surface area contributed by atoms with Gasteiger partial charge in [-0.25, -0.2) is 9.24 Å². The molecule has 0 aromatic carbocycles. The van der Waals surface area contributed by atoms with Gasteiger partial charge in [-0.2, -0.15) is 0 Å². The highest BCUT2D eigenvalue weighted by Crippen LogP contribution is 2.52. The summed E-state index contributed by atoms with van der Waals surface area (Å²) < 4.78 is 31.6. The fraction of sp³-hybridized carbons (Fsp3) is 0.600. The molecule has 0 radical (unpaired) electrons. The molecule has 0 N–H and O–H groups in total. The Morgan fingerprint density at radius 2 is 1.52 bits per heavy atom. The number of hydrogen-bond donors (Lipinski definition) is 0. The highest BCUT2D eigenvalue weighted by atomic mass is 35.5. The number of nitro groups is 1. The van der Waals surface area contributed by atoms with Gasteiger partial charge in [0.1, 0.15) is 17.3 Å². The van der Waals surface area contributed by atoms with Crippen molar-refractivity contribution in [2.75, 3.05) is 26.1 Å². The van der Waals surface area contributed by atoms with E-state index in [0.717, 1.165) is 56.9 Å². The van der Waals surface area contributed by atoms with Gasteiger partial charge in [0.25, 0.3) is 0 Å². The Morgan fingerprint density at radius 1 is 0.950 bits per heavy atom. The lowest BCUT2D eigenvalue weighted by atomic mass is 10.0. The molecule has 0 fully saturated rings. The first-order valence-electron chi connectivity index (χ1n) is 14.0. The molecule has 0 amide bonds. The maximum absolute atomic E-state index is 13.6. The van der Waals surface area contributed by atoms with Crippen molar-refractivity contribution in [3.05, 3.63) is 74.6 Å². The van der Waals surface area contributed by atoms with Crippen LogP contribution in [0, 0.1) is 10.1 Å². The Kier molecular flexibility index (Phi) is 18.0. The standard InChI is InChI=1S/C30H48ClN2O6P/c1-25(2)12-9-13-26(3)14-10-15-27(4)16-11-17-28(5)20-23-37-40(36,32(6)22-8-7-21-31)38-24-29-18-19-30(39-29)33(34)35/h12,14,16,18-20H,7-11,13,15,17,21-24H2,1-6H3/b26-14+,27-16+,28-20+. The fourth-order valence-electron chi connectivity index (χ4n) is 3.74. The fourth-order valence-corrected chi connectivity index (χ4v) is 5.34. The molecule has 0 saturated heterocycles. The van der Waals surface area contributed by atoms with Gasteiger partial charge in [-0.15, -0.1) is 11.6 Å². The Hall–Kier alpha value is -1.96. The summed E-state index contributed by atoms with van der Waals surface area (Å²) in [7, 11) is -2.00. The summed E-state index contributed by atoms with van der Waals surface area (Å²) in [4.78, 5) is 10.2. The number of alkyl halides is 1. The first kappa shape index (κ1) is 36.1. The summed E-state index contributed by atoms with van der Waals surface area (Å²) in [6, 6.07) is 2.67. The van der Waals surface area contributed by atoms with E-state index in [4.69, 9.17) is 25.1 Å². The van der Waals surface area contributed by atoms with E-state index in [2.05, 4.69) is 45.9 Å². The van der Waals surface area contributed by atoms with Gasteiger partial charge in [-0.1, -0.05) is 46.6 Å². The van der Waals surface area contributed by atoms with Crippen LogP contribution in [-0.2, 0) is 20.2 Å². The number of hydrogen-bond acceptors (Lipinski definition) is 6. The maximum atomic E-state index is 13.6. The average molecular weight is 599 g/mol. The second-order valence-electron chi connectivity index (χ2n) is 10.4. The molecule has 8 nitrogen and oxygen atoms in total. The third-order valence-electron chi connectivity index (χ3n) is 6.30. The molecule has 0 aliphatic rings. The SMILES string of the molecule is CC(C)=CCC/C(C)=C/CC/C(C)=C/CC/C(C)=C/COP(=O)(OCc1ccc([N+](=O)[O-])o1)N(C)CCCCCl. The largest absolute Gasteiger partial charge is 0.433 e. The number of rotatable bonds is 21. The van der Waals surface area contributed by atoms with E-state index < -0.39 is 18.6 Å². The summed E-state index contributed by atoms with van der Waals surface area (Å²) in [5.41, 5.74) is 5.33. The van der Waals surface area contributed by atoms with Crippen LogP contribution in [0.2, 0.25) is 0 Å². The highest BCUT2D eigenvalue weighted by molar-refractivity contribution is 7.51. The Bertz CT molecular complexity index is 1070. The van der Waals surface area contributed by atoms with Crippen LogP contribution in [0.4, 0.5) is 5.88 Å². The van der Waals surface area contributed by atoms with Crippen molar-refractivity contribution in [2.45, 2.75) is 92.6 Å². The van der Waals surface area contributed by atoms with Crippen molar-refractivity contribution in [3.8, 4) is 0 Å². The summed E-state index contributed by atoms with van der Waals surface area (Å²) in [6.45, 7) is 11.1. The molecule has 1 heterocycles. The first-order valence-corrected chi connectivity index (χ1v) is 16.0.